The molecule has 32 heavy (non-hydrogen) atoms. The van der Waals surface area contributed by atoms with E-state index in [1.807, 2.05) is 13.0 Å². The quantitative estimate of drug-likeness (QED) is 0.316. The molecule has 0 radical (unpaired) electrons. The monoisotopic (exact) mass is 468 g/mol. The van der Waals surface area contributed by atoms with Crippen LogP contribution in [0.25, 0.3) is 20.8 Å². The summed E-state index contributed by atoms with van der Waals surface area (Å²) in [5.41, 5.74) is 8.53. The van der Waals surface area contributed by atoms with Gasteiger partial charge in [0, 0.05) is 25.4 Å². The molecular weight excluding hydrogens is 441 g/mol. The normalized spacial score (nSPS) is 12.8. The van der Waals surface area contributed by atoms with Crippen molar-refractivity contribution in [2.24, 2.45) is 5.92 Å². The van der Waals surface area contributed by atoms with Crippen LogP contribution in [0.1, 0.15) is 31.9 Å². The maximum atomic E-state index is 12.5. The van der Waals surface area contributed by atoms with Gasteiger partial charge in [-0.3, -0.25) is 0 Å². The summed E-state index contributed by atoms with van der Waals surface area (Å²) >= 11 is 1.47. The van der Waals surface area contributed by atoms with E-state index in [0.29, 0.717) is 34.3 Å². The standard InChI is InChI=1S/C21H27F3N6OS/c1-3-13(11-31)6-8-26-18-17(19-29-15-10-14(25)4-5-16(15)32-19)12(2)28-20(30-18)27-9-7-21(22,23)24/h4-5,10,13,31H,3,6-9,11,25H2,1-2H3,(H2,26,27,28,30). The van der Waals surface area contributed by atoms with Crippen LogP contribution in [0.3, 0.4) is 0 Å². The lowest BCUT2D eigenvalue weighted by atomic mass is 10.0. The number of hydrogen-bond donors (Lipinski definition) is 4. The van der Waals surface area contributed by atoms with E-state index in [9.17, 15) is 18.3 Å². The molecule has 2 aromatic heterocycles. The number of thiazole rings is 1. The first-order valence-electron chi connectivity index (χ1n) is 10.4. The van der Waals surface area contributed by atoms with E-state index < -0.39 is 12.6 Å². The number of aliphatic hydroxyl groups excluding tert-OH is 1. The van der Waals surface area contributed by atoms with Crippen LogP contribution in [0, 0.1) is 12.8 Å². The first-order chi connectivity index (χ1) is 15.2. The minimum atomic E-state index is -4.26. The van der Waals surface area contributed by atoms with Crippen molar-refractivity contribution in [3.8, 4) is 10.6 Å². The Bertz CT molecular complexity index is 1050. The molecule has 0 saturated carbocycles. The first kappa shape index (κ1) is 24.0. The van der Waals surface area contributed by atoms with Crippen LogP contribution in [0.15, 0.2) is 18.2 Å². The minimum Gasteiger partial charge on any atom is -0.399 e. The van der Waals surface area contributed by atoms with Crippen LogP contribution in [-0.4, -0.2) is 45.9 Å². The van der Waals surface area contributed by atoms with Gasteiger partial charge in [0.1, 0.15) is 10.8 Å². The molecule has 0 aliphatic heterocycles. The summed E-state index contributed by atoms with van der Waals surface area (Å²) in [4.78, 5) is 13.5. The molecule has 1 aromatic carbocycles. The second-order valence-corrected chi connectivity index (χ2v) is 8.60. The Balaban J connectivity index is 1.92. The summed E-state index contributed by atoms with van der Waals surface area (Å²) in [6.45, 7) is 4.11. The molecule has 1 unspecified atom stereocenters. The first-order valence-corrected chi connectivity index (χ1v) is 11.2. The third-order valence-corrected chi connectivity index (χ3v) is 6.14. The lowest BCUT2D eigenvalue weighted by Crippen LogP contribution is -2.17. The fourth-order valence-corrected chi connectivity index (χ4v) is 4.27. The number of aliphatic hydroxyl groups is 1. The van der Waals surface area contributed by atoms with Crippen LogP contribution in [0.4, 0.5) is 30.6 Å². The number of aryl methyl sites for hydroxylation is 1. The molecule has 2 heterocycles. The Hall–Kier alpha value is -2.66. The van der Waals surface area contributed by atoms with Crippen molar-refractivity contribution in [3.05, 3.63) is 23.9 Å². The molecule has 0 aliphatic carbocycles. The number of rotatable bonds is 10. The molecule has 3 rings (SSSR count). The second-order valence-electron chi connectivity index (χ2n) is 7.57. The van der Waals surface area contributed by atoms with Gasteiger partial charge in [-0.05, 0) is 37.5 Å². The van der Waals surface area contributed by atoms with Crippen molar-refractivity contribution in [2.45, 2.75) is 39.3 Å². The maximum absolute atomic E-state index is 12.5. The smallest absolute Gasteiger partial charge is 0.390 e. The van der Waals surface area contributed by atoms with Gasteiger partial charge in [-0.2, -0.15) is 18.2 Å². The van der Waals surface area contributed by atoms with Gasteiger partial charge in [0.2, 0.25) is 5.95 Å². The van der Waals surface area contributed by atoms with Gasteiger partial charge in [0.15, 0.2) is 0 Å². The van der Waals surface area contributed by atoms with E-state index in [1.54, 1.807) is 19.1 Å². The number of nitrogens with two attached hydrogens (primary N) is 1. The number of fused-ring (bicyclic) bond motifs is 1. The van der Waals surface area contributed by atoms with E-state index in [0.717, 1.165) is 23.1 Å². The highest BCUT2D eigenvalue weighted by Gasteiger charge is 2.26. The van der Waals surface area contributed by atoms with Crippen molar-refractivity contribution in [3.63, 3.8) is 0 Å². The van der Waals surface area contributed by atoms with Crippen LogP contribution in [0.5, 0.6) is 0 Å². The van der Waals surface area contributed by atoms with Gasteiger partial charge < -0.3 is 21.5 Å². The van der Waals surface area contributed by atoms with E-state index in [4.69, 9.17) is 5.73 Å². The summed E-state index contributed by atoms with van der Waals surface area (Å²) in [6, 6.07) is 5.49. The number of nitrogens with zero attached hydrogens (tertiary/aromatic N) is 3. The highest BCUT2D eigenvalue weighted by molar-refractivity contribution is 7.21. The Labute approximate surface area is 188 Å². The SMILES string of the molecule is CCC(CO)CCNc1nc(NCCC(F)(F)F)nc(C)c1-c1nc2cc(N)ccc2s1. The minimum absolute atomic E-state index is 0.0946. The zero-order chi connectivity index (χ0) is 23.3. The Kier molecular flexibility index (Phi) is 7.73. The van der Waals surface area contributed by atoms with Crippen molar-refractivity contribution < 1.29 is 18.3 Å². The lowest BCUT2D eigenvalue weighted by Gasteiger charge is -2.16. The molecule has 7 nitrogen and oxygen atoms in total. The molecule has 0 fully saturated rings. The lowest BCUT2D eigenvalue weighted by molar-refractivity contribution is -0.131. The Morgan fingerprint density at radius 1 is 1.16 bits per heavy atom. The van der Waals surface area contributed by atoms with Crippen LogP contribution < -0.4 is 16.4 Å². The molecule has 0 spiro atoms. The van der Waals surface area contributed by atoms with E-state index in [-0.39, 0.29) is 25.0 Å². The molecule has 0 aliphatic rings. The highest BCUT2D eigenvalue weighted by atomic mass is 32.1. The van der Waals surface area contributed by atoms with E-state index in [1.165, 1.54) is 11.3 Å². The van der Waals surface area contributed by atoms with Crippen LogP contribution in [-0.2, 0) is 0 Å². The van der Waals surface area contributed by atoms with E-state index in [2.05, 4.69) is 25.6 Å². The van der Waals surface area contributed by atoms with E-state index >= 15 is 0 Å². The number of aromatic nitrogens is 3. The number of halogens is 3. The van der Waals surface area contributed by atoms with Gasteiger partial charge in [-0.15, -0.1) is 11.3 Å². The summed E-state index contributed by atoms with van der Waals surface area (Å²) < 4.78 is 38.5. The van der Waals surface area contributed by atoms with Crippen molar-refractivity contribution in [2.75, 3.05) is 36.1 Å². The van der Waals surface area contributed by atoms with Gasteiger partial charge in [0.25, 0.3) is 0 Å². The predicted molar refractivity (Wildman–Crippen MR) is 123 cm³/mol. The third kappa shape index (κ3) is 6.19. The largest absolute Gasteiger partial charge is 0.399 e. The molecule has 0 bridgehead atoms. The second kappa shape index (κ2) is 10.3. The van der Waals surface area contributed by atoms with Gasteiger partial charge in [-0.25, -0.2) is 9.97 Å². The molecular formula is C21H27F3N6OS. The molecule has 5 N–H and O–H groups in total. The fourth-order valence-electron chi connectivity index (χ4n) is 3.22. The zero-order valence-electron chi connectivity index (χ0n) is 18.0. The topological polar surface area (TPSA) is 109 Å². The Morgan fingerprint density at radius 2 is 1.94 bits per heavy atom. The van der Waals surface area contributed by atoms with Gasteiger partial charge >= 0.3 is 6.18 Å². The average molecular weight is 469 g/mol. The Morgan fingerprint density at radius 3 is 2.62 bits per heavy atom. The number of nitrogen functional groups attached to an aromatic ring is 1. The van der Waals surface area contributed by atoms with Crippen molar-refractivity contribution >= 4 is 39.0 Å². The summed E-state index contributed by atoms with van der Waals surface area (Å²) in [6.07, 6.45) is -3.67. The molecule has 1 atom stereocenters. The van der Waals surface area contributed by atoms with Crippen LogP contribution in [0.2, 0.25) is 0 Å². The number of hydrogen-bond acceptors (Lipinski definition) is 8. The molecule has 0 amide bonds. The molecule has 0 saturated heterocycles. The van der Waals surface area contributed by atoms with Gasteiger partial charge in [-0.1, -0.05) is 13.3 Å². The highest BCUT2D eigenvalue weighted by Crippen LogP contribution is 2.36. The molecule has 174 valence electrons. The van der Waals surface area contributed by atoms with Gasteiger partial charge in [0.05, 0.1) is 27.9 Å². The maximum Gasteiger partial charge on any atom is 0.390 e. The predicted octanol–water partition coefficient (Wildman–Crippen LogP) is 4.83. The average Bonchev–Trinajstić information content (AvgIpc) is 3.12. The summed E-state index contributed by atoms with van der Waals surface area (Å²) in [7, 11) is 0. The molecule has 11 heteroatoms. The van der Waals surface area contributed by atoms with Crippen LogP contribution >= 0.6 is 11.3 Å². The van der Waals surface area contributed by atoms with Crippen molar-refractivity contribution in [1.82, 2.24) is 15.0 Å². The molecule has 3 aromatic rings. The fraction of sp³-hybridized carbons (Fsp3) is 0.476. The summed E-state index contributed by atoms with van der Waals surface area (Å²) in [5, 5.41) is 16.1. The number of benzene rings is 1. The zero-order valence-corrected chi connectivity index (χ0v) is 18.8. The van der Waals surface area contributed by atoms with Crippen molar-refractivity contribution in [1.29, 1.82) is 0 Å². The number of anilines is 3. The number of nitrogens with one attached hydrogen (secondary N) is 2. The number of alkyl halides is 3. The summed E-state index contributed by atoms with van der Waals surface area (Å²) in [5.74, 6) is 0.771. The third-order valence-electron chi connectivity index (χ3n) is 5.09.